The highest BCUT2D eigenvalue weighted by molar-refractivity contribution is 7.80. The van der Waals surface area contributed by atoms with E-state index in [4.69, 9.17) is 16.6 Å². The molecule has 25 heavy (non-hydrogen) atoms. The maximum absolute atomic E-state index is 12.4. The topological polar surface area (TPSA) is 71.3 Å². The summed E-state index contributed by atoms with van der Waals surface area (Å²) in [5.41, 5.74) is 2.71. The molecule has 0 unspecified atom stereocenters. The van der Waals surface area contributed by atoms with Crippen LogP contribution in [0.3, 0.4) is 0 Å². The van der Waals surface area contributed by atoms with Crippen LogP contribution in [0.2, 0.25) is 0 Å². The quantitative estimate of drug-likeness (QED) is 0.549. The van der Waals surface area contributed by atoms with Crippen molar-refractivity contribution in [1.29, 1.82) is 0 Å². The van der Waals surface area contributed by atoms with E-state index in [0.29, 0.717) is 16.8 Å². The number of carbonyl (C=O) groups is 2. The molecular formula is C19H16N2O3S. The molecule has 0 aliphatic rings. The zero-order valence-electron chi connectivity index (χ0n) is 13.8. The average molecular weight is 352 g/mol. The Morgan fingerprint density at radius 3 is 2.36 bits per heavy atom. The van der Waals surface area contributed by atoms with E-state index in [0.717, 1.165) is 10.9 Å². The van der Waals surface area contributed by atoms with Gasteiger partial charge >= 0.3 is 0 Å². The van der Waals surface area contributed by atoms with Crippen LogP contribution in [0.25, 0.3) is 11.0 Å². The average Bonchev–Trinajstić information content (AvgIpc) is 2.92. The lowest BCUT2D eigenvalue weighted by molar-refractivity contribution is 0.0951. The molecule has 0 saturated heterocycles. The Labute approximate surface area is 150 Å². The summed E-state index contributed by atoms with van der Waals surface area (Å²) in [5, 5.41) is 6.56. The van der Waals surface area contributed by atoms with E-state index in [1.165, 1.54) is 6.92 Å². The molecule has 0 aliphatic carbocycles. The molecule has 1 amide bonds. The van der Waals surface area contributed by atoms with E-state index >= 15 is 0 Å². The zero-order chi connectivity index (χ0) is 18.0. The second-order valence-corrected chi connectivity index (χ2v) is 6.00. The van der Waals surface area contributed by atoms with E-state index in [1.54, 1.807) is 24.3 Å². The lowest BCUT2D eigenvalue weighted by atomic mass is 10.1. The van der Waals surface area contributed by atoms with Gasteiger partial charge in [0.15, 0.2) is 16.7 Å². The van der Waals surface area contributed by atoms with Crippen LogP contribution in [0, 0.1) is 6.92 Å². The predicted octanol–water partition coefficient (Wildman–Crippen LogP) is 4.07. The van der Waals surface area contributed by atoms with Gasteiger partial charge in [-0.25, -0.2) is 0 Å². The van der Waals surface area contributed by atoms with Crippen LogP contribution in [0.1, 0.15) is 33.4 Å². The van der Waals surface area contributed by atoms with Crippen LogP contribution < -0.4 is 10.6 Å². The first-order chi connectivity index (χ1) is 12.0. The van der Waals surface area contributed by atoms with Crippen LogP contribution in [0.5, 0.6) is 0 Å². The Bertz CT molecular complexity index is 974. The van der Waals surface area contributed by atoms with Gasteiger partial charge in [0, 0.05) is 22.2 Å². The molecule has 6 heteroatoms. The number of aryl methyl sites for hydroxylation is 1. The fourth-order valence-electron chi connectivity index (χ4n) is 2.50. The Hall–Kier alpha value is -2.99. The number of Topliss-reactive ketones (excluding diaryl/α,β-unsaturated/α-hetero) is 1. The summed E-state index contributed by atoms with van der Waals surface area (Å²) in [6, 6.07) is 14.3. The number of furan rings is 1. The van der Waals surface area contributed by atoms with Crippen molar-refractivity contribution >= 4 is 45.7 Å². The zero-order valence-corrected chi connectivity index (χ0v) is 14.6. The number of fused-ring (bicyclic) bond motifs is 1. The molecule has 1 heterocycles. The van der Waals surface area contributed by atoms with Crippen molar-refractivity contribution in [2.45, 2.75) is 13.8 Å². The van der Waals surface area contributed by atoms with Crippen molar-refractivity contribution in [3.63, 3.8) is 0 Å². The highest BCUT2D eigenvalue weighted by Gasteiger charge is 2.18. The minimum absolute atomic E-state index is 0.0113. The number of thiocarbonyl (C=S) groups is 1. The van der Waals surface area contributed by atoms with Gasteiger partial charge in [-0.15, -0.1) is 0 Å². The van der Waals surface area contributed by atoms with Gasteiger partial charge in [-0.05, 0) is 56.4 Å². The molecule has 3 aromatic rings. The highest BCUT2D eigenvalue weighted by atomic mass is 32.1. The number of carbonyl (C=O) groups excluding carboxylic acids is 2. The first kappa shape index (κ1) is 16.9. The van der Waals surface area contributed by atoms with Gasteiger partial charge in [0.1, 0.15) is 5.58 Å². The second-order valence-electron chi connectivity index (χ2n) is 5.59. The predicted molar refractivity (Wildman–Crippen MR) is 101 cm³/mol. The van der Waals surface area contributed by atoms with Crippen LogP contribution in [-0.4, -0.2) is 16.8 Å². The summed E-state index contributed by atoms with van der Waals surface area (Å²) in [7, 11) is 0. The third-order valence-electron chi connectivity index (χ3n) is 3.83. The van der Waals surface area contributed by atoms with E-state index in [2.05, 4.69) is 10.6 Å². The van der Waals surface area contributed by atoms with Gasteiger partial charge in [0.2, 0.25) is 0 Å². The Kier molecular flexibility index (Phi) is 4.63. The van der Waals surface area contributed by atoms with Crippen molar-refractivity contribution in [3.05, 3.63) is 65.4 Å². The standard InChI is InChI=1S/C19H16N2O3S/c1-11-15-5-3-4-6-16(15)24-17(11)18(23)21-19(25)20-14-9-7-13(8-10-14)12(2)22/h3-10H,1-2H3,(H2,20,21,23,25). The molecule has 0 saturated carbocycles. The molecule has 0 atom stereocenters. The minimum atomic E-state index is -0.411. The highest BCUT2D eigenvalue weighted by Crippen LogP contribution is 2.24. The summed E-state index contributed by atoms with van der Waals surface area (Å²) in [5.74, 6) is -0.188. The summed E-state index contributed by atoms with van der Waals surface area (Å²) in [6.07, 6.45) is 0. The minimum Gasteiger partial charge on any atom is -0.451 e. The molecule has 126 valence electrons. The molecule has 2 N–H and O–H groups in total. The SMILES string of the molecule is CC(=O)c1ccc(NC(=S)NC(=O)c2oc3ccccc3c2C)cc1. The monoisotopic (exact) mass is 352 g/mol. The number of rotatable bonds is 3. The molecule has 0 radical (unpaired) electrons. The Morgan fingerprint density at radius 2 is 1.72 bits per heavy atom. The first-order valence-electron chi connectivity index (χ1n) is 7.67. The van der Waals surface area contributed by atoms with Gasteiger partial charge in [-0.3, -0.25) is 14.9 Å². The maximum atomic E-state index is 12.4. The summed E-state index contributed by atoms with van der Waals surface area (Å²) >= 11 is 5.17. The lowest BCUT2D eigenvalue weighted by Gasteiger charge is -2.09. The third-order valence-corrected chi connectivity index (χ3v) is 4.03. The molecule has 3 rings (SSSR count). The summed E-state index contributed by atoms with van der Waals surface area (Å²) in [4.78, 5) is 23.7. The summed E-state index contributed by atoms with van der Waals surface area (Å²) < 4.78 is 5.62. The molecule has 0 bridgehead atoms. The van der Waals surface area contributed by atoms with E-state index in [9.17, 15) is 9.59 Å². The van der Waals surface area contributed by atoms with Crippen molar-refractivity contribution in [1.82, 2.24) is 5.32 Å². The largest absolute Gasteiger partial charge is 0.451 e. The lowest BCUT2D eigenvalue weighted by Crippen LogP contribution is -2.34. The molecule has 0 spiro atoms. The second kappa shape index (κ2) is 6.86. The molecule has 1 aromatic heterocycles. The van der Waals surface area contributed by atoms with Crippen molar-refractivity contribution in [2.75, 3.05) is 5.32 Å². The van der Waals surface area contributed by atoms with Gasteiger partial charge in [-0.1, -0.05) is 18.2 Å². The number of anilines is 1. The smallest absolute Gasteiger partial charge is 0.293 e. The molecule has 0 fully saturated rings. The Balaban J connectivity index is 1.70. The van der Waals surface area contributed by atoms with Crippen molar-refractivity contribution < 1.29 is 14.0 Å². The van der Waals surface area contributed by atoms with Crippen LogP contribution >= 0.6 is 12.2 Å². The number of benzene rings is 2. The van der Waals surface area contributed by atoms with E-state index in [-0.39, 0.29) is 16.7 Å². The third kappa shape index (κ3) is 3.59. The normalized spacial score (nSPS) is 10.5. The van der Waals surface area contributed by atoms with Crippen molar-refractivity contribution in [2.24, 2.45) is 0 Å². The van der Waals surface area contributed by atoms with E-state index < -0.39 is 5.91 Å². The number of hydrogen-bond donors (Lipinski definition) is 2. The van der Waals surface area contributed by atoms with Crippen LogP contribution in [0.4, 0.5) is 5.69 Å². The number of nitrogens with one attached hydrogen (secondary N) is 2. The van der Waals surface area contributed by atoms with Crippen molar-refractivity contribution in [3.8, 4) is 0 Å². The number of ketones is 1. The number of hydrogen-bond acceptors (Lipinski definition) is 4. The van der Waals surface area contributed by atoms with Crippen LogP contribution in [0.15, 0.2) is 52.9 Å². The maximum Gasteiger partial charge on any atom is 0.293 e. The molecule has 0 aliphatic heterocycles. The Morgan fingerprint density at radius 1 is 1.04 bits per heavy atom. The number of amides is 1. The molecular weight excluding hydrogens is 336 g/mol. The number of para-hydroxylation sites is 1. The molecule has 5 nitrogen and oxygen atoms in total. The van der Waals surface area contributed by atoms with Gasteiger partial charge in [0.05, 0.1) is 0 Å². The summed E-state index contributed by atoms with van der Waals surface area (Å²) in [6.45, 7) is 3.33. The van der Waals surface area contributed by atoms with Gasteiger partial charge in [0.25, 0.3) is 5.91 Å². The fourth-order valence-corrected chi connectivity index (χ4v) is 2.71. The first-order valence-corrected chi connectivity index (χ1v) is 8.08. The van der Waals surface area contributed by atoms with Gasteiger partial charge in [-0.2, -0.15) is 0 Å². The van der Waals surface area contributed by atoms with Gasteiger partial charge < -0.3 is 9.73 Å². The van der Waals surface area contributed by atoms with E-state index in [1.807, 2.05) is 31.2 Å². The fraction of sp³-hybridized carbons (Fsp3) is 0.105. The van der Waals surface area contributed by atoms with Crippen LogP contribution in [-0.2, 0) is 0 Å². The molecule has 2 aromatic carbocycles.